The van der Waals surface area contributed by atoms with E-state index in [0.29, 0.717) is 10.4 Å². The Morgan fingerprint density at radius 2 is 1.55 bits per heavy atom. The maximum Gasteiger partial charge on any atom is 0.263 e. The Morgan fingerprint density at radius 3 is 2.31 bits per heavy atom. The molecule has 0 saturated heterocycles. The molecule has 0 aliphatic rings. The van der Waals surface area contributed by atoms with Crippen molar-refractivity contribution in [1.82, 2.24) is 0 Å². The van der Waals surface area contributed by atoms with Crippen molar-refractivity contribution in [3.8, 4) is 0 Å². The minimum Gasteiger partial charge on any atom is -0.454 e. The van der Waals surface area contributed by atoms with Gasteiger partial charge in [-0.25, -0.2) is 8.42 Å². The normalized spacial score (nSPS) is 11.9. The maximum atomic E-state index is 12.9. The summed E-state index contributed by atoms with van der Waals surface area (Å²) in [5.41, 5.74) is 0.0383. The zero-order chi connectivity index (χ0) is 20.9. The van der Waals surface area contributed by atoms with E-state index in [4.69, 9.17) is 50.8 Å². The average Bonchev–Trinajstić information content (AvgIpc) is 2.65. The molecule has 0 spiro atoms. The highest BCUT2D eigenvalue weighted by Crippen LogP contribution is 2.34. The van der Waals surface area contributed by atoms with Crippen LogP contribution in [0.2, 0.25) is 20.1 Å². The zero-order valence-electron chi connectivity index (χ0n) is 14.2. The molecule has 0 atom stereocenters. The number of sulfonamides is 1. The zero-order valence-corrected chi connectivity index (χ0v) is 18.0. The van der Waals surface area contributed by atoms with Gasteiger partial charge in [0, 0.05) is 11.1 Å². The minimum absolute atomic E-state index is 0.0292. The molecular weight excluding hydrogens is 480 g/mol. The van der Waals surface area contributed by atoms with Gasteiger partial charge in [-0.2, -0.15) is 0 Å². The van der Waals surface area contributed by atoms with Crippen molar-refractivity contribution in [2.24, 2.45) is 0 Å². The van der Waals surface area contributed by atoms with Crippen LogP contribution in [0.15, 0.2) is 62.6 Å². The van der Waals surface area contributed by atoms with Gasteiger partial charge in [-0.1, -0.05) is 52.5 Å². The molecule has 4 aromatic rings. The Balaban J connectivity index is 1.92. The Labute approximate surface area is 184 Å². The predicted octanol–water partition coefficient (Wildman–Crippen LogP) is 6.36. The molecule has 0 unspecified atom stereocenters. The molecule has 1 aromatic heterocycles. The summed E-state index contributed by atoms with van der Waals surface area (Å²) in [7, 11) is -4.16. The second kappa shape index (κ2) is 7.38. The summed E-state index contributed by atoms with van der Waals surface area (Å²) in [4.78, 5) is 12.5. The Kier molecular flexibility index (Phi) is 5.17. The van der Waals surface area contributed by atoms with Crippen LogP contribution in [-0.2, 0) is 10.0 Å². The molecule has 1 N–H and O–H groups in total. The van der Waals surface area contributed by atoms with Crippen molar-refractivity contribution in [3.05, 3.63) is 78.8 Å². The number of fused-ring (bicyclic) bond motifs is 2. The lowest BCUT2D eigenvalue weighted by Gasteiger charge is -2.12. The largest absolute Gasteiger partial charge is 0.454 e. The van der Waals surface area contributed by atoms with Crippen LogP contribution in [0.4, 0.5) is 5.69 Å². The van der Waals surface area contributed by atoms with E-state index in [-0.39, 0.29) is 47.6 Å². The standard InChI is InChI=1S/C19H9Cl4NO4S/c20-9-4-5-10-16(6-9)28-19-11(18(10)25)2-1-3-15(19)24-29(26,27)17-8-13(22)12(21)7-14(17)23/h1-8,24H. The van der Waals surface area contributed by atoms with E-state index in [2.05, 4.69) is 4.72 Å². The van der Waals surface area contributed by atoms with Gasteiger partial charge in [-0.15, -0.1) is 0 Å². The van der Waals surface area contributed by atoms with Crippen molar-refractivity contribution >= 4 is 84.1 Å². The van der Waals surface area contributed by atoms with E-state index in [1.165, 1.54) is 24.3 Å². The second-order valence-electron chi connectivity index (χ2n) is 6.06. The number of anilines is 1. The van der Waals surface area contributed by atoms with E-state index in [9.17, 15) is 13.2 Å². The van der Waals surface area contributed by atoms with Crippen LogP contribution in [-0.4, -0.2) is 8.42 Å². The molecule has 0 aliphatic heterocycles. The molecule has 148 valence electrons. The molecule has 4 rings (SSSR count). The van der Waals surface area contributed by atoms with Crippen LogP contribution in [0.25, 0.3) is 21.9 Å². The predicted molar refractivity (Wildman–Crippen MR) is 117 cm³/mol. The summed E-state index contributed by atoms with van der Waals surface area (Å²) in [5, 5.41) is 0.956. The van der Waals surface area contributed by atoms with E-state index in [0.717, 1.165) is 6.07 Å². The first-order valence-electron chi connectivity index (χ1n) is 8.00. The van der Waals surface area contributed by atoms with Crippen LogP contribution in [0.5, 0.6) is 0 Å². The summed E-state index contributed by atoms with van der Waals surface area (Å²) >= 11 is 23.8. The molecule has 29 heavy (non-hydrogen) atoms. The first kappa shape index (κ1) is 20.3. The van der Waals surface area contributed by atoms with Crippen molar-refractivity contribution in [1.29, 1.82) is 0 Å². The second-order valence-corrected chi connectivity index (χ2v) is 9.37. The van der Waals surface area contributed by atoms with E-state index in [1.54, 1.807) is 18.2 Å². The number of benzene rings is 3. The van der Waals surface area contributed by atoms with Crippen LogP contribution >= 0.6 is 46.4 Å². The lowest BCUT2D eigenvalue weighted by Crippen LogP contribution is -2.14. The fourth-order valence-corrected chi connectivity index (χ4v) is 5.07. The fourth-order valence-electron chi connectivity index (χ4n) is 2.84. The lowest BCUT2D eigenvalue weighted by molar-refractivity contribution is 0.601. The van der Waals surface area contributed by atoms with Gasteiger partial charge in [0.05, 0.1) is 31.5 Å². The van der Waals surface area contributed by atoms with Gasteiger partial charge < -0.3 is 4.42 Å². The number of hydrogen-bond donors (Lipinski definition) is 1. The van der Waals surface area contributed by atoms with Crippen molar-refractivity contribution in [2.45, 2.75) is 4.90 Å². The highest BCUT2D eigenvalue weighted by molar-refractivity contribution is 7.92. The Hall–Kier alpha value is -1.96. The summed E-state index contributed by atoms with van der Waals surface area (Å²) in [5.74, 6) is 0. The van der Waals surface area contributed by atoms with Crippen LogP contribution < -0.4 is 10.2 Å². The van der Waals surface area contributed by atoms with E-state index in [1.807, 2.05) is 0 Å². The maximum absolute atomic E-state index is 12.9. The lowest BCUT2D eigenvalue weighted by atomic mass is 10.1. The quantitative estimate of drug-likeness (QED) is 0.269. The number of nitrogens with one attached hydrogen (secondary N) is 1. The third-order valence-electron chi connectivity index (χ3n) is 4.17. The van der Waals surface area contributed by atoms with Crippen LogP contribution in [0.1, 0.15) is 0 Å². The first-order chi connectivity index (χ1) is 13.7. The smallest absolute Gasteiger partial charge is 0.263 e. The van der Waals surface area contributed by atoms with E-state index < -0.39 is 10.0 Å². The third-order valence-corrected chi connectivity index (χ3v) is 6.96. The molecule has 0 bridgehead atoms. The molecule has 3 aromatic carbocycles. The molecular formula is C19H9Cl4NO4S. The third kappa shape index (κ3) is 3.67. The molecule has 10 heteroatoms. The number of rotatable bonds is 3. The number of hydrogen-bond acceptors (Lipinski definition) is 4. The van der Waals surface area contributed by atoms with Gasteiger partial charge >= 0.3 is 0 Å². The van der Waals surface area contributed by atoms with E-state index >= 15 is 0 Å². The number of halogens is 4. The van der Waals surface area contributed by atoms with Crippen molar-refractivity contribution < 1.29 is 12.8 Å². The molecule has 1 heterocycles. The van der Waals surface area contributed by atoms with Gasteiger partial charge in [-0.3, -0.25) is 9.52 Å². The van der Waals surface area contributed by atoms with Gasteiger partial charge in [0.2, 0.25) is 5.43 Å². The molecule has 0 aliphatic carbocycles. The molecule has 5 nitrogen and oxygen atoms in total. The number of para-hydroxylation sites is 1. The average molecular weight is 489 g/mol. The molecule has 0 radical (unpaired) electrons. The minimum atomic E-state index is -4.16. The fraction of sp³-hybridized carbons (Fsp3) is 0. The van der Waals surface area contributed by atoms with Gasteiger partial charge in [0.15, 0.2) is 5.58 Å². The summed E-state index contributed by atoms with van der Waals surface area (Å²) in [6.07, 6.45) is 0. The SMILES string of the molecule is O=c1c2ccc(Cl)cc2oc2c(NS(=O)(=O)c3cc(Cl)c(Cl)cc3Cl)cccc12. The molecule has 0 fully saturated rings. The first-order valence-corrected chi connectivity index (χ1v) is 11.0. The summed E-state index contributed by atoms with van der Waals surface area (Å²) < 4.78 is 34.0. The topological polar surface area (TPSA) is 76.4 Å². The van der Waals surface area contributed by atoms with Crippen molar-refractivity contribution in [2.75, 3.05) is 4.72 Å². The summed E-state index contributed by atoms with van der Waals surface area (Å²) in [6, 6.07) is 11.5. The van der Waals surface area contributed by atoms with Gasteiger partial charge in [-0.05, 0) is 36.4 Å². The van der Waals surface area contributed by atoms with Gasteiger partial charge in [0.1, 0.15) is 10.5 Å². The highest BCUT2D eigenvalue weighted by Gasteiger charge is 2.22. The monoisotopic (exact) mass is 487 g/mol. The Bertz CT molecular complexity index is 1470. The van der Waals surface area contributed by atoms with Crippen molar-refractivity contribution in [3.63, 3.8) is 0 Å². The molecule has 0 amide bonds. The summed E-state index contributed by atoms with van der Waals surface area (Å²) in [6.45, 7) is 0. The molecule has 0 saturated carbocycles. The van der Waals surface area contributed by atoms with Gasteiger partial charge in [0.25, 0.3) is 10.0 Å². The van der Waals surface area contributed by atoms with Crippen LogP contribution in [0, 0.1) is 0 Å². The highest BCUT2D eigenvalue weighted by atomic mass is 35.5. The van der Waals surface area contributed by atoms with Crippen LogP contribution in [0.3, 0.4) is 0 Å². The Morgan fingerprint density at radius 1 is 0.828 bits per heavy atom.